The summed E-state index contributed by atoms with van der Waals surface area (Å²) in [6.45, 7) is 2.82. The van der Waals surface area contributed by atoms with Gasteiger partial charge >= 0.3 is 0 Å². The van der Waals surface area contributed by atoms with Crippen molar-refractivity contribution in [3.05, 3.63) is 29.6 Å². The Kier molecular flexibility index (Phi) is 4.19. The zero-order valence-corrected chi connectivity index (χ0v) is 11.0. The molecule has 0 aromatic heterocycles. The number of nitrogens with one attached hydrogen (secondary N) is 1. The number of likely N-dealkylation sites (N-methyl/N-ethyl adjacent to an activating group) is 1. The maximum absolute atomic E-state index is 13.9. The zero-order valence-electron chi connectivity index (χ0n) is 11.0. The lowest BCUT2D eigenvalue weighted by Gasteiger charge is -2.24. The molecule has 0 amide bonds. The highest BCUT2D eigenvalue weighted by molar-refractivity contribution is 5.54. The lowest BCUT2D eigenvalue weighted by Crippen LogP contribution is -2.29. The lowest BCUT2D eigenvalue weighted by molar-refractivity contribution is 0.201. The predicted molar refractivity (Wildman–Crippen MR) is 71.2 cm³/mol. The van der Waals surface area contributed by atoms with Gasteiger partial charge in [-0.25, -0.2) is 4.39 Å². The number of anilines is 1. The molecule has 0 bridgehead atoms. The van der Waals surface area contributed by atoms with E-state index in [1.54, 1.807) is 17.9 Å². The number of aliphatic hydroxyl groups excluding tert-OH is 1. The third-order valence-electron chi connectivity index (χ3n) is 3.15. The average molecular weight is 252 g/mol. The van der Waals surface area contributed by atoms with Crippen molar-refractivity contribution in [2.75, 3.05) is 18.5 Å². The molecule has 0 saturated heterocycles. The first-order chi connectivity index (χ1) is 8.58. The summed E-state index contributed by atoms with van der Waals surface area (Å²) in [7, 11) is 1.81. The van der Waals surface area contributed by atoms with E-state index in [-0.39, 0.29) is 5.82 Å². The number of aliphatic hydroxyl groups is 1. The molecule has 3 nitrogen and oxygen atoms in total. The Hall–Kier alpha value is -1.13. The van der Waals surface area contributed by atoms with Crippen LogP contribution in [-0.4, -0.2) is 30.8 Å². The molecular formula is C14H21FN2O. The van der Waals surface area contributed by atoms with E-state index in [9.17, 15) is 9.50 Å². The Morgan fingerprint density at radius 1 is 1.50 bits per heavy atom. The molecule has 2 N–H and O–H groups in total. The van der Waals surface area contributed by atoms with Crippen molar-refractivity contribution in [2.45, 2.75) is 38.5 Å². The average Bonchev–Trinajstić information content (AvgIpc) is 3.08. The Morgan fingerprint density at radius 3 is 2.83 bits per heavy atom. The second kappa shape index (κ2) is 5.67. The maximum atomic E-state index is 13.9. The normalized spacial score (nSPS) is 16.7. The van der Waals surface area contributed by atoms with E-state index in [4.69, 9.17) is 0 Å². The van der Waals surface area contributed by atoms with Crippen LogP contribution in [0.1, 0.15) is 25.3 Å². The summed E-state index contributed by atoms with van der Waals surface area (Å²) < 4.78 is 13.9. The molecule has 2 rings (SSSR count). The summed E-state index contributed by atoms with van der Waals surface area (Å²) in [5.74, 6) is -0.228. The molecule has 1 aromatic carbocycles. The van der Waals surface area contributed by atoms with Crippen LogP contribution in [0, 0.1) is 5.82 Å². The van der Waals surface area contributed by atoms with Crippen molar-refractivity contribution in [1.82, 2.24) is 5.32 Å². The van der Waals surface area contributed by atoms with Crippen LogP contribution in [-0.2, 0) is 6.54 Å². The predicted octanol–water partition coefficient (Wildman–Crippen LogP) is 1.89. The molecule has 4 heteroatoms. The van der Waals surface area contributed by atoms with Gasteiger partial charge in [-0.2, -0.15) is 0 Å². The summed E-state index contributed by atoms with van der Waals surface area (Å²) >= 11 is 0. The van der Waals surface area contributed by atoms with Crippen LogP contribution >= 0.6 is 0 Å². The minimum Gasteiger partial charge on any atom is -0.392 e. The number of benzene rings is 1. The molecule has 0 heterocycles. The molecule has 0 spiro atoms. The first-order valence-electron chi connectivity index (χ1n) is 6.48. The van der Waals surface area contributed by atoms with Crippen LogP contribution in [0.25, 0.3) is 0 Å². The molecule has 1 aliphatic rings. The molecule has 18 heavy (non-hydrogen) atoms. The van der Waals surface area contributed by atoms with Gasteiger partial charge in [0.05, 0.1) is 11.8 Å². The third kappa shape index (κ3) is 3.43. The first kappa shape index (κ1) is 13.3. The third-order valence-corrected chi connectivity index (χ3v) is 3.15. The zero-order chi connectivity index (χ0) is 13.1. The van der Waals surface area contributed by atoms with Crippen LogP contribution in [0.4, 0.5) is 10.1 Å². The first-order valence-corrected chi connectivity index (χ1v) is 6.48. The van der Waals surface area contributed by atoms with E-state index in [0.29, 0.717) is 24.8 Å². The monoisotopic (exact) mass is 252 g/mol. The molecule has 1 fully saturated rings. The number of nitrogens with zero attached hydrogens (tertiary/aromatic N) is 1. The van der Waals surface area contributed by atoms with Gasteiger partial charge in [-0.1, -0.05) is 12.1 Å². The summed E-state index contributed by atoms with van der Waals surface area (Å²) in [4.78, 5) is 1.78. The molecule has 1 saturated carbocycles. The highest BCUT2D eigenvalue weighted by Gasteiger charge is 2.21. The van der Waals surface area contributed by atoms with Crippen molar-refractivity contribution in [2.24, 2.45) is 0 Å². The fourth-order valence-corrected chi connectivity index (χ4v) is 2.16. The molecule has 1 aromatic rings. The van der Waals surface area contributed by atoms with Gasteiger partial charge in [0, 0.05) is 26.2 Å². The van der Waals surface area contributed by atoms with Crippen molar-refractivity contribution >= 4 is 5.69 Å². The van der Waals surface area contributed by atoms with Gasteiger partial charge in [-0.15, -0.1) is 0 Å². The molecule has 0 aliphatic heterocycles. The molecule has 0 radical (unpaired) electrons. The second-order valence-corrected chi connectivity index (χ2v) is 5.13. The standard InChI is InChI=1S/C14H21FN2O/c1-10(18)9-17(2)14-11(4-3-5-13(14)15)8-16-12-6-7-12/h3-5,10,12,16,18H,6-9H2,1-2H3. The topological polar surface area (TPSA) is 35.5 Å². The van der Waals surface area contributed by atoms with Gasteiger partial charge in [0.15, 0.2) is 0 Å². The minimum absolute atomic E-state index is 0.228. The number of para-hydroxylation sites is 1. The van der Waals surface area contributed by atoms with Crippen LogP contribution in [0.15, 0.2) is 18.2 Å². The van der Waals surface area contributed by atoms with Crippen molar-refractivity contribution < 1.29 is 9.50 Å². The summed E-state index contributed by atoms with van der Waals surface area (Å²) in [6.07, 6.45) is 1.96. The van der Waals surface area contributed by atoms with E-state index >= 15 is 0 Å². The largest absolute Gasteiger partial charge is 0.392 e. The van der Waals surface area contributed by atoms with Crippen LogP contribution in [0.2, 0.25) is 0 Å². The van der Waals surface area contributed by atoms with Crippen LogP contribution < -0.4 is 10.2 Å². The van der Waals surface area contributed by atoms with Gasteiger partial charge in [-0.3, -0.25) is 0 Å². The molecule has 1 atom stereocenters. The quantitative estimate of drug-likeness (QED) is 0.811. The van der Waals surface area contributed by atoms with Gasteiger partial charge in [-0.05, 0) is 31.4 Å². The van der Waals surface area contributed by atoms with Crippen molar-refractivity contribution in [3.63, 3.8) is 0 Å². The Morgan fingerprint density at radius 2 is 2.22 bits per heavy atom. The van der Waals surface area contributed by atoms with Gasteiger partial charge in [0.2, 0.25) is 0 Å². The fraction of sp³-hybridized carbons (Fsp3) is 0.571. The molecular weight excluding hydrogens is 231 g/mol. The van der Waals surface area contributed by atoms with E-state index in [1.807, 2.05) is 13.1 Å². The SMILES string of the molecule is CC(O)CN(C)c1c(F)cccc1CNC1CC1. The van der Waals surface area contributed by atoms with Crippen LogP contribution in [0.5, 0.6) is 0 Å². The number of hydrogen-bond donors (Lipinski definition) is 2. The van der Waals surface area contributed by atoms with Crippen molar-refractivity contribution in [3.8, 4) is 0 Å². The Balaban J connectivity index is 2.13. The summed E-state index contributed by atoms with van der Waals surface area (Å²) in [5.41, 5.74) is 1.54. The second-order valence-electron chi connectivity index (χ2n) is 5.13. The number of rotatable bonds is 6. The Labute approximate surface area is 108 Å². The lowest BCUT2D eigenvalue weighted by atomic mass is 10.1. The van der Waals surface area contributed by atoms with Gasteiger partial charge in [0.1, 0.15) is 5.82 Å². The van der Waals surface area contributed by atoms with E-state index < -0.39 is 6.10 Å². The highest BCUT2D eigenvalue weighted by atomic mass is 19.1. The molecule has 1 unspecified atom stereocenters. The number of hydrogen-bond acceptors (Lipinski definition) is 3. The van der Waals surface area contributed by atoms with Crippen LogP contribution in [0.3, 0.4) is 0 Å². The fourth-order valence-electron chi connectivity index (χ4n) is 2.16. The maximum Gasteiger partial charge on any atom is 0.146 e. The van der Waals surface area contributed by atoms with E-state index in [1.165, 1.54) is 18.9 Å². The van der Waals surface area contributed by atoms with E-state index in [2.05, 4.69) is 5.32 Å². The smallest absolute Gasteiger partial charge is 0.146 e. The summed E-state index contributed by atoms with van der Waals surface area (Å²) in [5, 5.41) is 12.8. The molecule has 1 aliphatic carbocycles. The van der Waals surface area contributed by atoms with Crippen molar-refractivity contribution in [1.29, 1.82) is 0 Å². The Bertz CT molecular complexity index is 405. The number of halogens is 1. The van der Waals surface area contributed by atoms with E-state index in [0.717, 1.165) is 5.56 Å². The minimum atomic E-state index is -0.473. The molecule has 100 valence electrons. The van der Waals surface area contributed by atoms with Gasteiger partial charge < -0.3 is 15.3 Å². The summed E-state index contributed by atoms with van der Waals surface area (Å²) in [6, 6.07) is 5.74. The van der Waals surface area contributed by atoms with Gasteiger partial charge in [0.25, 0.3) is 0 Å². The highest BCUT2D eigenvalue weighted by Crippen LogP contribution is 2.25.